The predicted molar refractivity (Wildman–Crippen MR) is 74.6 cm³/mol. The fraction of sp³-hybridized carbons (Fsp3) is 0.643. The van der Waals surface area contributed by atoms with E-state index >= 15 is 0 Å². The van der Waals surface area contributed by atoms with E-state index in [1.165, 1.54) is 25.7 Å². The van der Waals surface area contributed by atoms with E-state index in [-0.39, 0.29) is 0 Å². The van der Waals surface area contributed by atoms with Gasteiger partial charge in [0.2, 0.25) is 5.91 Å². The van der Waals surface area contributed by atoms with Crippen LogP contribution in [0.15, 0.2) is 24.5 Å². The minimum Gasteiger partial charge on any atom is -0.345 e. The van der Waals surface area contributed by atoms with E-state index in [0.29, 0.717) is 24.5 Å². The third-order valence-electron chi connectivity index (χ3n) is 4.30. The number of hydrogen-bond donors (Lipinski definition) is 0. The Balaban J connectivity index is 1.68. The molecule has 2 fully saturated rings. The van der Waals surface area contributed by atoms with Crippen LogP contribution in [0.2, 0.25) is 0 Å². The lowest BCUT2D eigenvalue weighted by Crippen LogP contribution is -2.48. The molecule has 0 saturated carbocycles. The zero-order valence-corrected chi connectivity index (χ0v) is 11.6. The van der Waals surface area contributed by atoms with E-state index in [1.807, 2.05) is 40.9 Å². The van der Waals surface area contributed by atoms with Crippen molar-refractivity contribution < 1.29 is 4.79 Å². The molecule has 0 aliphatic carbocycles. The summed E-state index contributed by atoms with van der Waals surface area (Å²) in [7, 11) is 0. The number of fused-ring (bicyclic) bond motifs is 2. The van der Waals surface area contributed by atoms with E-state index in [9.17, 15) is 4.79 Å². The van der Waals surface area contributed by atoms with E-state index in [1.54, 1.807) is 0 Å². The highest BCUT2D eigenvalue weighted by Crippen LogP contribution is 2.39. The molecule has 3 heterocycles. The van der Waals surface area contributed by atoms with Gasteiger partial charge in [-0.25, -0.2) is 0 Å². The number of carbonyl (C=O) groups excluding carboxylic acids is 1. The zero-order valence-electron chi connectivity index (χ0n) is 10.8. The molecule has 3 nitrogen and oxygen atoms in total. The van der Waals surface area contributed by atoms with Crippen LogP contribution >= 0.6 is 11.8 Å². The Labute approximate surface area is 113 Å². The monoisotopic (exact) mass is 264 g/mol. The summed E-state index contributed by atoms with van der Waals surface area (Å²) in [4.78, 5) is 14.6. The maximum absolute atomic E-state index is 12.4. The maximum atomic E-state index is 12.4. The highest BCUT2D eigenvalue weighted by atomic mass is 32.2. The number of hydrogen-bond acceptors (Lipinski definition) is 2. The molecule has 3 rings (SSSR count). The van der Waals surface area contributed by atoms with Crippen LogP contribution in [0.25, 0.3) is 0 Å². The Morgan fingerprint density at radius 3 is 2.39 bits per heavy atom. The Hall–Kier alpha value is -0.900. The van der Waals surface area contributed by atoms with Crippen LogP contribution in [0.4, 0.5) is 0 Å². The third-order valence-corrected chi connectivity index (χ3v) is 5.35. The number of thioether (sulfide) groups is 1. The molecule has 1 aromatic rings. The highest BCUT2D eigenvalue weighted by molar-refractivity contribution is 7.99. The van der Waals surface area contributed by atoms with Crippen molar-refractivity contribution in [1.29, 1.82) is 0 Å². The molecule has 1 amide bonds. The van der Waals surface area contributed by atoms with E-state index in [2.05, 4.69) is 11.2 Å². The van der Waals surface area contributed by atoms with Gasteiger partial charge in [0, 0.05) is 29.7 Å². The van der Waals surface area contributed by atoms with Crippen LogP contribution in [0.3, 0.4) is 0 Å². The van der Waals surface area contributed by atoms with Crippen LogP contribution in [-0.4, -0.2) is 39.0 Å². The minimum absolute atomic E-state index is 0.304. The molecule has 0 spiro atoms. The first kappa shape index (κ1) is 12.2. The summed E-state index contributed by atoms with van der Waals surface area (Å²) in [5.74, 6) is 0.304. The van der Waals surface area contributed by atoms with Crippen molar-refractivity contribution in [2.24, 2.45) is 0 Å². The van der Waals surface area contributed by atoms with Crippen LogP contribution in [0.5, 0.6) is 0 Å². The van der Waals surface area contributed by atoms with Crippen molar-refractivity contribution in [2.75, 3.05) is 6.26 Å². The predicted octanol–water partition coefficient (Wildman–Crippen LogP) is 2.37. The molecule has 4 heteroatoms. The van der Waals surface area contributed by atoms with E-state index in [0.717, 1.165) is 5.25 Å². The van der Waals surface area contributed by atoms with Gasteiger partial charge < -0.3 is 9.47 Å². The van der Waals surface area contributed by atoms with Gasteiger partial charge in [-0.15, -0.1) is 0 Å². The van der Waals surface area contributed by atoms with Crippen LogP contribution in [0.1, 0.15) is 25.7 Å². The maximum Gasteiger partial charge on any atom is 0.242 e. The number of nitrogens with zero attached hydrogens (tertiary/aromatic N) is 2. The summed E-state index contributed by atoms with van der Waals surface area (Å²) in [5, 5.41) is 0.762. The van der Waals surface area contributed by atoms with Crippen molar-refractivity contribution in [1.82, 2.24) is 9.47 Å². The first-order valence-electron chi connectivity index (χ1n) is 6.72. The molecule has 2 aliphatic rings. The first-order chi connectivity index (χ1) is 8.78. The molecule has 2 saturated heterocycles. The number of piperidine rings is 1. The van der Waals surface area contributed by atoms with Crippen LogP contribution < -0.4 is 0 Å². The number of carbonyl (C=O) groups is 1. The molecule has 2 unspecified atom stereocenters. The smallest absolute Gasteiger partial charge is 0.242 e. The summed E-state index contributed by atoms with van der Waals surface area (Å²) in [6, 6.07) is 4.96. The Kier molecular flexibility index (Phi) is 3.37. The Morgan fingerprint density at radius 1 is 1.22 bits per heavy atom. The van der Waals surface area contributed by atoms with Gasteiger partial charge >= 0.3 is 0 Å². The molecule has 1 aromatic heterocycles. The second-order valence-corrected chi connectivity index (χ2v) is 6.51. The fourth-order valence-electron chi connectivity index (χ4n) is 3.44. The van der Waals surface area contributed by atoms with Crippen molar-refractivity contribution in [2.45, 2.75) is 49.6 Å². The lowest BCUT2D eigenvalue weighted by molar-refractivity contribution is -0.136. The van der Waals surface area contributed by atoms with Crippen molar-refractivity contribution in [3.63, 3.8) is 0 Å². The summed E-state index contributed by atoms with van der Waals surface area (Å²) in [6.07, 6.45) is 10.9. The number of aromatic nitrogens is 1. The largest absolute Gasteiger partial charge is 0.345 e. The molecule has 0 aromatic carbocycles. The van der Waals surface area contributed by atoms with Gasteiger partial charge in [-0.3, -0.25) is 4.79 Å². The molecule has 0 radical (unpaired) electrons. The van der Waals surface area contributed by atoms with E-state index < -0.39 is 0 Å². The lowest BCUT2D eigenvalue weighted by atomic mass is 10.0. The van der Waals surface area contributed by atoms with E-state index in [4.69, 9.17) is 0 Å². The topological polar surface area (TPSA) is 25.2 Å². The summed E-state index contributed by atoms with van der Waals surface area (Å²) in [5.41, 5.74) is 0. The first-order valence-corrected chi connectivity index (χ1v) is 8.01. The SMILES string of the molecule is CSC1CC2CCC(C1)N2C(=O)Cn1cccc1. The molecule has 2 atom stereocenters. The van der Waals surface area contributed by atoms with Crippen LogP contribution in [-0.2, 0) is 11.3 Å². The average molecular weight is 264 g/mol. The Bertz CT molecular complexity index is 403. The number of amides is 1. The molecule has 2 bridgehead atoms. The van der Waals surface area contributed by atoms with Gasteiger partial charge in [0.1, 0.15) is 6.54 Å². The summed E-state index contributed by atoms with van der Waals surface area (Å²) < 4.78 is 1.97. The average Bonchev–Trinajstić information content (AvgIpc) is 2.95. The van der Waals surface area contributed by atoms with Gasteiger partial charge in [-0.05, 0) is 44.1 Å². The second-order valence-electron chi connectivity index (χ2n) is 5.37. The third kappa shape index (κ3) is 2.18. The zero-order chi connectivity index (χ0) is 12.5. The molecule has 18 heavy (non-hydrogen) atoms. The van der Waals surface area contributed by atoms with Gasteiger partial charge in [-0.2, -0.15) is 11.8 Å². The molecule has 0 N–H and O–H groups in total. The summed E-state index contributed by atoms with van der Waals surface area (Å²) >= 11 is 1.97. The van der Waals surface area contributed by atoms with Crippen molar-refractivity contribution in [3.8, 4) is 0 Å². The molecular weight excluding hydrogens is 244 g/mol. The molecule has 2 aliphatic heterocycles. The lowest BCUT2D eigenvalue weighted by Gasteiger charge is -2.38. The molecular formula is C14H20N2OS. The second kappa shape index (κ2) is 5.00. The summed E-state index contributed by atoms with van der Waals surface area (Å²) in [6.45, 7) is 0.504. The van der Waals surface area contributed by atoms with Gasteiger partial charge in [0.15, 0.2) is 0 Å². The van der Waals surface area contributed by atoms with Crippen molar-refractivity contribution in [3.05, 3.63) is 24.5 Å². The normalized spacial score (nSPS) is 30.7. The fourth-order valence-corrected chi connectivity index (χ4v) is 4.27. The van der Waals surface area contributed by atoms with Gasteiger partial charge in [-0.1, -0.05) is 0 Å². The molecule has 98 valence electrons. The standard InChI is InChI=1S/C14H20N2OS/c1-18-13-8-11-4-5-12(9-13)16(11)14(17)10-15-6-2-3-7-15/h2-3,6-7,11-13H,4-5,8-10H2,1H3. The van der Waals surface area contributed by atoms with Crippen LogP contribution in [0, 0.1) is 0 Å². The Morgan fingerprint density at radius 2 is 1.83 bits per heavy atom. The van der Waals surface area contributed by atoms with Crippen molar-refractivity contribution >= 4 is 17.7 Å². The quantitative estimate of drug-likeness (QED) is 0.837. The highest BCUT2D eigenvalue weighted by Gasteiger charge is 2.42. The van der Waals surface area contributed by atoms with Gasteiger partial charge in [0.05, 0.1) is 0 Å². The van der Waals surface area contributed by atoms with Gasteiger partial charge in [0.25, 0.3) is 0 Å². The minimum atomic E-state index is 0.304. The number of rotatable bonds is 3.